The van der Waals surface area contributed by atoms with Gasteiger partial charge in [0.2, 0.25) is 5.78 Å². The largest absolute Gasteiger partial charge is 0.402 e. The molecular formula is C19H34N2O4Si. The Hall–Kier alpha value is -1.26. The summed E-state index contributed by atoms with van der Waals surface area (Å²) < 4.78 is 5.82. The van der Waals surface area contributed by atoms with Crippen LogP contribution in [0.5, 0.6) is 0 Å². The van der Waals surface area contributed by atoms with Crippen molar-refractivity contribution in [2.24, 2.45) is 0 Å². The zero-order valence-corrected chi connectivity index (χ0v) is 17.6. The van der Waals surface area contributed by atoms with Gasteiger partial charge in [0.05, 0.1) is 6.07 Å². The molecule has 2 unspecified atom stereocenters. The van der Waals surface area contributed by atoms with Crippen molar-refractivity contribution >= 4 is 14.1 Å². The Morgan fingerprint density at radius 2 is 1.69 bits per heavy atom. The van der Waals surface area contributed by atoms with E-state index in [0.717, 1.165) is 32.1 Å². The number of hydrogen-bond acceptors (Lipinski definition) is 5. The Kier molecular flexibility index (Phi) is 9.45. The first-order valence-electron chi connectivity index (χ1n) is 9.96. The molecule has 1 saturated carbocycles. The summed E-state index contributed by atoms with van der Waals surface area (Å²) >= 11 is 0. The van der Waals surface area contributed by atoms with Crippen molar-refractivity contribution in [1.82, 2.24) is 0 Å². The van der Waals surface area contributed by atoms with Crippen molar-refractivity contribution < 1.29 is 14.1 Å². The van der Waals surface area contributed by atoms with Gasteiger partial charge in [-0.25, -0.2) is 0 Å². The average molecular weight is 383 g/mol. The van der Waals surface area contributed by atoms with Gasteiger partial charge < -0.3 is 4.43 Å². The van der Waals surface area contributed by atoms with Gasteiger partial charge in [-0.15, -0.1) is 0 Å². The number of carbonyl (C=O) groups excluding carboxylic acids is 1. The molecule has 26 heavy (non-hydrogen) atoms. The molecule has 6 nitrogen and oxygen atoms in total. The summed E-state index contributed by atoms with van der Waals surface area (Å²) in [7, 11) is -1.92. The number of carbonyl (C=O) groups is 1. The van der Waals surface area contributed by atoms with Crippen molar-refractivity contribution in [3.63, 3.8) is 0 Å². The topological polar surface area (TPSA) is 93.2 Å². The van der Waals surface area contributed by atoms with Crippen LogP contribution in [-0.4, -0.2) is 30.7 Å². The van der Waals surface area contributed by atoms with E-state index in [1.807, 2.05) is 19.6 Å². The van der Waals surface area contributed by atoms with Gasteiger partial charge in [-0.3, -0.25) is 14.9 Å². The lowest BCUT2D eigenvalue weighted by Gasteiger charge is -2.27. The Morgan fingerprint density at radius 1 is 1.15 bits per heavy atom. The highest BCUT2D eigenvalue weighted by molar-refractivity contribution is 6.69. The Labute approximate surface area is 158 Å². The first-order chi connectivity index (χ1) is 12.2. The van der Waals surface area contributed by atoms with Gasteiger partial charge >= 0.3 is 0 Å². The zero-order valence-electron chi connectivity index (χ0n) is 16.6. The molecule has 0 bridgehead atoms. The number of nitrogens with zero attached hydrogens (tertiary/aromatic N) is 2. The molecule has 0 N–H and O–H groups in total. The molecule has 0 aliphatic heterocycles. The molecule has 148 valence electrons. The van der Waals surface area contributed by atoms with Gasteiger partial charge in [-0.2, -0.15) is 5.26 Å². The van der Waals surface area contributed by atoms with E-state index in [4.69, 9.17) is 4.43 Å². The average Bonchev–Trinajstić information content (AvgIpc) is 2.55. The van der Waals surface area contributed by atoms with Crippen LogP contribution >= 0.6 is 0 Å². The first-order valence-corrected chi connectivity index (χ1v) is 13.4. The maximum absolute atomic E-state index is 12.8. The molecule has 1 rings (SSSR count). The van der Waals surface area contributed by atoms with Crippen LogP contribution in [0, 0.1) is 21.4 Å². The van der Waals surface area contributed by atoms with Crippen LogP contribution in [0.25, 0.3) is 0 Å². The molecule has 7 heteroatoms. The van der Waals surface area contributed by atoms with E-state index >= 15 is 0 Å². The van der Waals surface area contributed by atoms with Gasteiger partial charge in [0.25, 0.3) is 5.54 Å². The summed E-state index contributed by atoms with van der Waals surface area (Å²) in [5, 5.41) is 21.3. The molecule has 0 aromatic heterocycles. The van der Waals surface area contributed by atoms with Crippen LogP contribution < -0.4 is 0 Å². The Morgan fingerprint density at radius 3 is 2.19 bits per heavy atom. The van der Waals surface area contributed by atoms with E-state index in [9.17, 15) is 20.2 Å². The van der Waals surface area contributed by atoms with E-state index < -0.39 is 20.0 Å². The fraction of sp³-hybridized carbons (Fsp3) is 0.895. The third kappa shape index (κ3) is 7.54. The van der Waals surface area contributed by atoms with E-state index in [-0.39, 0.29) is 36.4 Å². The van der Waals surface area contributed by atoms with Crippen molar-refractivity contribution in [1.29, 1.82) is 5.26 Å². The molecule has 0 radical (unpaired) electrons. The van der Waals surface area contributed by atoms with E-state index in [2.05, 4.69) is 6.07 Å². The number of hydrogen-bond donors (Lipinski definition) is 0. The second kappa shape index (κ2) is 10.8. The second-order valence-electron chi connectivity index (χ2n) is 8.43. The maximum atomic E-state index is 12.8. The fourth-order valence-corrected chi connectivity index (χ4v) is 4.66. The lowest BCUT2D eigenvalue weighted by atomic mass is 9.81. The van der Waals surface area contributed by atoms with Crippen molar-refractivity contribution in [3.8, 4) is 6.07 Å². The molecule has 0 spiro atoms. The number of nitro groups is 1. The monoisotopic (exact) mass is 382 g/mol. The van der Waals surface area contributed by atoms with Crippen LogP contribution in [0.4, 0.5) is 0 Å². The van der Waals surface area contributed by atoms with Gasteiger partial charge in [-0.1, -0.05) is 38.5 Å². The van der Waals surface area contributed by atoms with Crippen LogP contribution in [0.2, 0.25) is 19.6 Å². The summed E-state index contributed by atoms with van der Waals surface area (Å²) in [5.74, 6) is -0.257. The lowest BCUT2D eigenvalue weighted by molar-refractivity contribution is -0.555. The quantitative estimate of drug-likeness (QED) is 0.366. The highest BCUT2D eigenvalue weighted by atomic mass is 28.4. The molecule has 2 atom stereocenters. The Balaban J connectivity index is 2.90. The number of nitriles is 1. The molecule has 0 heterocycles. The number of rotatable bonds is 6. The predicted molar refractivity (Wildman–Crippen MR) is 104 cm³/mol. The van der Waals surface area contributed by atoms with Gasteiger partial charge in [0, 0.05) is 24.2 Å². The highest BCUT2D eigenvalue weighted by Crippen LogP contribution is 2.30. The molecule has 1 aliphatic carbocycles. The minimum Gasteiger partial charge on any atom is -0.402 e. The number of ketones is 1. The van der Waals surface area contributed by atoms with Crippen LogP contribution in [0.3, 0.4) is 0 Å². The molecular weight excluding hydrogens is 348 g/mol. The van der Waals surface area contributed by atoms with Crippen molar-refractivity contribution in [2.45, 2.75) is 108 Å². The van der Waals surface area contributed by atoms with E-state index in [1.54, 1.807) is 0 Å². The van der Waals surface area contributed by atoms with E-state index in [0.29, 0.717) is 6.42 Å². The van der Waals surface area contributed by atoms with Gasteiger partial charge in [0.15, 0.2) is 8.32 Å². The fourth-order valence-electron chi connectivity index (χ4n) is 3.63. The highest BCUT2D eigenvalue weighted by Gasteiger charge is 2.49. The predicted octanol–water partition coefficient (Wildman–Crippen LogP) is 5.01. The van der Waals surface area contributed by atoms with Gasteiger partial charge in [0.1, 0.15) is 6.10 Å². The van der Waals surface area contributed by atoms with E-state index in [1.165, 1.54) is 12.8 Å². The summed E-state index contributed by atoms with van der Waals surface area (Å²) in [4.78, 5) is 24.4. The lowest BCUT2D eigenvalue weighted by Crippen LogP contribution is -2.47. The SMILES string of the molecule is C[Si](C)(C)OC(C#N)CCC1([N+](=O)[O-])CCCCCCCCCCC1=O. The molecule has 1 aliphatic rings. The summed E-state index contributed by atoms with van der Waals surface area (Å²) in [6.07, 6.45) is 8.04. The van der Waals surface area contributed by atoms with Crippen LogP contribution in [0.1, 0.15) is 77.0 Å². The molecule has 1 fully saturated rings. The Bertz CT molecular complexity index is 513. The normalized spacial score (nSPS) is 24.8. The zero-order chi connectivity index (χ0) is 19.6. The summed E-state index contributed by atoms with van der Waals surface area (Å²) in [6.45, 7) is 5.96. The van der Waals surface area contributed by atoms with Crippen LogP contribution in [-0.2, 0) is 9.22 Å². The molecule has 0 amide bonds. The molecule has 0 saturated heterocycles. The number of Topliss-reactive ketones (excluding diaryl/α,β-unsaturated/α-hetero) is 1. The molecule has 0 aromatic rings. The smallest absolute Gasteiger partial charge is 0.279 e. The second-order valence-corrected chi connectivity index (χ2v) is 12.9. The summed E-state index contributed by atoms with van der Waals surface area (Å²) in [5.41, 5.74) is -1.54. The van der Waals surface area contributed by atoms with Crippen molar-refractivity contribution in [2.75, 3.05) is 0 Å². The molecule has 0 aromatic carbocycles. The third-order valence-corrected chi connectivity index (χ3v) is 6.06. The van der Waals surface area contributed by atoms with Crippen LogP contribution in [0.15, 0.2) is 0 Å². The maximum Gasteiger partial charge on any atom is 0.279 e. The standard InChI is InChI=1S/C19H34N2O4Si/c1-26(2,3)25-17(16-20)13-15-19(21(23)24)14-11-9-7-5-4-6-8-10-12-18(19)22/h17H,4-15H2,1-3H3. The van der Waals surface area contributed by atoms with Crippen molar-refractivity contribution in [3.05, 3.63) is 10.1 Å². The summed E-state index contributed by atoms with van der Waals surface area (Å²) in [6, 6.07) is 2.12. The minimum absolute atomic E-state index is 0.0987. The first kappa shape index (κ1) is 22.8. The minimum atomic E-state index is -1.92. The van der Waals surface area contributed by atoms with Gasteiger partial charge in [-0.05, 0) is 38.9 Å². The third-order valence-electron chi connectivity index (χ3n) is 5.07.